The molecule has 2 heteroatoms. The maximum atomic E-state index is 5.65. The predicted molar refractivity (Wildman–Crippen MR) is 108 cm³/mol. The zero-order valence-corrected chi connectivity index (χ0v) is 15.1. The molecule has 3 aromatic rings. The van der Waals surface area contributed by atoms with Crippen molar-refractivity contribution in [3.8, 4) is 0 Å². The van der Waals surface area contributed by atoms with Crippen LogP contribution >= 0.6 is 0 Å². The number of para-hydroxylation sites is 2. The molecule has 0 unspecified atom stereocenters. The summed E-state index contributed by atoms with van der Waals surface area (Å²) in [7, 11) is 0. The molecule has 0 saturated carbocycles. The lowest BCUT2D eigenvalue weighted by Crippen LogP contribution is -1.98. The molecule has 0 aliphatic rings. The van der Waals surface area contributed by atoms with Gasteiger partial charge in [0.1, 0.15) is 5.76 Å². The van der Waals surface area contributed by atoms with Crippen molar-refractivity contribution < 1.29 is 4.74 Å². The third-order valence-electron chi connectivity index (χ3n) is 4.71. The smallest absolute Gasteiger partial charge is 0.114 e. The Morgan fingerprint density at radius 2 is 1.52 bits per heavy atom. The number of unbranched alkanes of at least 4 members (excludes halogenated alkanes) is 3. The maximum Gasteiger partial charge on any atom is 0.114 e. The molecule has 0 aliphatic heterocycles. The zero-order chi connectivity index (χ0) is 17.5. The molecule has 0 radical (unpaired) electrons. The first kappa shape index (κ1) is 17.3. The molecule has 130 valence electrons. The van der Waals surface area contributed by atoms with E-state index in [2.05, 4.69) is 59.7 Å². The van der Waals surface area contributed by atoms with E-state index in [1.54, 1.807) is 6.08 Å². The highest BCUT2D eigenvalue weighted by Crippen LogP contribution is 2.29. The van der Waals surface area contributed by atoms with E-state index in [-0.39, 0.29) is 0 Å². The van der Waals surface area contributed by atoms with Gasteiger partial charge in [-0.3, -0.25) is 0 Å². The highest BCUT2D eigenvalue weighted by molar-refractivity contribution is 6.07. The number of benzene rings is 2. The summed E-state index contributed by atoms with van der Waals surface area (Å²) in [4.78, 5) is 0. The number of hydrogen-bond donors (Lipinski definition) is 0. The minimum absolute atomic E-state index is 0.779. The second-order valence-electron chi connectivity index (χ2n) is 6.34. The molecule has 0 spiro atoms. The van der Waals surface area contributed by atoms with E-state index < -0.39 is 0 Å². The number of nitrogens with zero attached hydrogens (tertiary/aromatic N) is 1. The van der Waals surface area contributed by atoms with Crippen LogP contribution in [-0.2, 0) is 11.3 Å². The lowest BCUT2D eigenvalue weighted by Gasteiger charge is -2.08. The van der Waals surface area contributed by atoms with Gasteiger partial charge in [0.25, 0.3) is 0 Å². The molecule has 0 bridgehead atoms. The second kappa shape index (κ2) is 8.57. The van der Waals surface area contributed by atoms with Crippen molar-refractivity contribution in [2.45, 2.75) is 39.2 Å². The largest absolute Gasteiger partial charge is 0.494 e. The van der Waals surface area contributed by atoms with Gasteiger partial charge in [-0.05, 0) is 44.1 Å². The van der Waals surface area contributed by atoms with Crippen LogP contribution in [0.1, 0.15) is 32.6 Å². The minimum Gasteiger partial charge on any atom is -0.494 e. The standard InChI is InChI=1S/C23H27NO/c1-3-19(4-2)25-18-12-6-5-11-17-24-22-15-9-7-13-20(22)21-14-8-10-16-23(21)24/h3-4,7-10,13-16H,1,5-6,11-12,17-18H2,2H3. The van der Waals surface area contributed by atoms with Crippen LogP contribution < -0.4 is 0 Å². The quantitative estimate of drug-likeness (QED) is 0.249. The molecular weight excluding hydrogens is 306 g/mol. The first-order valence-corrected chi connectivity index (χ1v) is 9.22. The molecule has 0 aliphatic carbocycles. The topological polar surface area (TPSA) is 14.2 Å². The summed E-state index contributed by atoms with van der Waals surface area (Å²) < 4.78 is 8.12. The van der Waals surface area contributed by atoms with Gasteiger partial charge in [-0.25, -0.2) is 0 Å². The van der Waals surface area contributed by atoms with Gasteiger partial charge >= 0.3 is 0 Å². The van der Waals surface area contributed by atoms with E-state index in [0.29, 0.717) is 0 Å². The third-order valence-corrected chi connectivity index (χ3v) is 4.71. The highest BCUT2D eigenvalue weighted by atomic mass is 16.5. The Labute approximate surface area is 150 Å². The van der Waals surface area contributed by atoms with Crippen molar-refractivity contribution in [3.63, 3.8) is 0 Å². The van der Waals surface area contributed by atoms with Crippen LogP contribution in [0.15, 0.2) is 73.0 Å². The number of allylic oxidation sites excluding steroid dienone is 2. The van der Waals surface area contributed by atoms with Gasteiger partial charge < -0.3 is 9.30 Å². The fourth-order valence-corrected chi connectivity index (χ4v) is 3.42. The second-order valence-corrected chi connectivity index (χ2v) is 6.34. The van der Waals surface area contributed by atoms with E-state index in [1.807, 2.05) is 13.0 Å². The Morgan fingerprint density at radius 1 is 0.920 bits per heavy atom. The first-order chi connectivity index (χ1) is 12.3. The fourth-order valence-electron chi connectivity index (χ4n) is 3.42. The zero-order valence-electron chi connectivity index (χ0n) is 15.1. The summed E-state index contributed by atoms with van der Waals surface area (Å²) in [5.74, 6) is 0.880. The SMILES string of the molecule is C=CC(=CC)OCCCCCCn1c2ccccc2c2ccccc21. The van der Waals surface area contributed by atoms with Gasteiger partial charge in [0.15, 0.2) is 0 Å². The summed E-state index contributed by atoms with van der Waals surface area (Å²) in [5, 5.41) is 2.71. The van der Waals surface area contributed by atoms with Crippen LogP contribution in [0.2, 0.25) is 0 Å². The third kappa shape index (κ3) is 3.96. The summed E-state index contributed by atoms with van der Waals surface area (Å²) in [6.45, 7) is 7.57. The van der Waals surface area contributed by atoms with Gasteiger partial charge in [-0.15, -0.1) is 0 Å². The Balaban J connectivity index is 1.56. The molecular formula is C23H27NO. The van der Waals surface area contributed by atoms with E-state index in [0.717, 1.165) is 25.3 Å². The number of ether oxygens (including phenoxy) is 1. The number of aryl methyl sites for hydroxylation is 1. The molecule has 25 heavy (non-hydrogen) atoms. The Bertz CT molecular complexity index is 819. The summed E-state index contributed by atoms with van der Waals surface area (Å²) in [6, 6.07) is 17.4. The van der Waals surface area contributed by atoms with Gasteiger partial charge in [0.2, 0.25) is 0 Å². The lowest BCUT2D eigenvalue weighted by molar-refractivity contribution is 0.216. The highest BCUT2D eigenvalue weighted by Gasteiger charge is 2.08. The van der Waals surface area contributed by atoms with Crippen LogP contribution in [0, 0.1) is 0 Å². The predicted octanol–water partition coefficient (Wildman–Crippen LogP) is 6.46. The number of fused-ring (bicyclic) bond motifs is 3. The molecule has 2 nitrogen and oxygen atoms in total. The number of rotatable bonds is 9. The van der Waals surface area contributed by atoms with Crippen molar-refractivity contribution in [1.29, 1.82) is 0 Å². The summed E-state index contributed by atoms with van der Waals surface area (Å²) >= 11 is 0. The van der Waals surface area contributed by atoms with Crippen LogP contribution in [0.25, 0.3) is 21.8 Å². The fraction of sp³-hybridized carbons (Fsp3) is 0.304. The normalized spacial score (nSPS) is 12.0. The van der Waals surface area contributed by atoms with E-state index >= 15 is 0 Å². The molecule has 0 saturated heterocycles. The molecule has 3 rings (SSSR count). The van der Waals surface area contributed by atoms with Crippen molar-refractivity contribution >= 4 is 21.8 Å². The molecule has 1 heterocycles. The van der Waals surface area contributed by atoms with Gasteiger partial charge in [0, 0.05) is 28.4 Å². The molecule has 2 aromatic carbocycles. The molecule has 0 amide bonds. The number of hydrogen-bond acceptors (Lipinski definition) is 1. The average molecular weight is 333 g/mol. The van der Waals surface area contributed by atoms with Gasteiger partial charge in [-0.2, -0.15) is 0 Å². The van der Waals surface area contributed by atoms with Crippen LogP contribution in [0.4, 0.5) is 0 Å². The lowest BCUT2D eigenvalue weighted by atomic mass is 10.2. The van der Waals surface area contributed by atoms with Crippen LogP contribution in [0.5, 0.6) is 0 Å². The minimum atomic E-state index is 0.779. The molecule has 0 N–H and O–H groups in total. The Morgan fingerprint density at radius 3 is 2.12 bits per heavy atom. The van der Waals surface area contributed by atoms with Gasteiger partial charge in [-0.1, -0.05) is 55.8 Å². The van der Waals surface area contributed by atoms with Crippen molar-refractivity contribution in [2.24, 2.45) is 0 Å². The Hall–Kier alpha value is -2.48. The van der Waals surface area contributed by atoms with Crippen LogP contribution in [0.3, 0.4) is 0 Å². The monoisotopic (exact) mass is 333 g/mol. The number of aromatic nitrogens is 1. The molecule has 1 aromatic heterocycles. The van der Waals surface area contributed by atoms with E-state index in [9.17, 15) is 0 Å². The van der Waals surface area contributed by atoms with E-state index in [4.69, 9.17) is 4.74 Å². The van der Waals surface area contributed by atoms with E-state index in [1.165, 1.54) is 41.1 Å². The summed E-state index contributed by atoms with van der Waals surface area (Å²) in [5.41, 5.74) is 2.69. The van der Waals surface area contributed by atoms with Crippen molar-refractivity contribution in [2.75, 3.05) is 6.61 Å². The first-order valence-electron chi connectivity index (χ1n) is 9.22. The van der Waals surface area contributed by atoms with Crippen molar-refractivity contribution in [1.82, 2.24) is 4.57 Å². The Kier molecular flexibility index (Phi) is 5.95. The molecule has 0 fully saturated rings. The van der Waals surface area contributed by atoms with Crippen LogP contribution in [-0.4, -0.2) is 11.2 Å². The maximum absolute atomic E-state index is 5.65. The van der Waals surface area contributed by atoms with Gasteiger partial charge in [0.05, 0.1) is 6.61 Å². The van der Waals surface area contributed by atoms with Crippen molar-refractivity contribution in [3.05, 3.63) is 73.0 Å². The average Bonchev–Trinajstić information content (AvgIpc) is 2.98. The molecule has 0 atom stereocenters. The summed E-state index contributed by atoms with van der Waals surface area (Å²) in [6.07, 6.45) is 8.44.